The van der Waals surface area contributed by atoms with E-state index in [4.69, 9.17) is 4.74 Å². The molecule has 2 N–H and O–H groups in total. The largest absolute Gasteiger partial charge is 0.377 e. The second-order valence-electron chi connectivity index (χ2n) is 5.99. The fourth-order valence-corrected chi connectivity index (χ4v) is 4.64. The van der Waals surface area contributed by atoms with Crippen molar-refractivity contribution in [3.63, 3.8) is 0 Å². The zero-order chi connectivity index (χ0) is 16.3. The van der Waals surface area contributed by atoms with Gasteiger partial charge in [-0.3, -0.25) is 0 Å². The summed E-state index contributed by atoms with van der Waals surface area (Å²) < 4.78 is 33.0. The van der Waals surface area contributed by atoms with Gasteiger partial charge in [0.25, 0.3) is 0 Å². The van der Waals surface area contributed by atoms with Gasteiger partial charge in [0.05, 0.1) is 5.60 Å². The Balaban J connectivity index is 2.95. The molecule has 0 aliphatic heterocycles. The van der Waals surface area contributed by atoms with Crippen molar-refractivity contribution in [2.45, 2.75) is 57.7 Å². The van der Waals surface area contributed by atoms with E-state index in [2.05, 4.69) is 10.0 Å². The Morgan fingerprint density at radius 1 is 1.38 bits per heavy atom. The van der Waals surface area contributed by atoms with Crippen LogP contribution in [0.25, 0.3) is 0 Å². The summed E-state index contributed by atoms with van der Waals surface area (Å²) >= 11 is 1.47. The van der Waals surface area contributed by atoms with Gasteiger partial charge in [0.1, 0.15) is 4.90 Å². The Hall–Kier alpha value is -0.470. The highest BCUT2D eigenvalue weighted by atomic mass is 32.2. The predicted molar refractivity (Wildman–Crippen MR) is 87.3 cm³/mol. The molecule has 122 valence electrons. The molecule has 0 spiro atoms. The van der Waals surface area contributed by atoms with E-state index < -0.39 is 15.6 Å². The number of thiophene rings is 1. The van der Waals surface area contributed by atoms with E-state index in [-0.39, 0.29) is 6.54 Å². The monoisotopic (exact) mass is 334 g/mol. The average Bonchev–Trinajstić information content (AvgIpc) is 2.76. The number of nitrogens with one attached hydrogen (secondary N) is 2. The highest BCUT2D eigenvalue weighted by Crippen LogP contribution is 2.27. The summed E-state index contributed by atoms with van der Waals surface area (Å²) in [6.45, 7) is 10.4. The molecule has 0 atom stereocenters. The van der Waals surface area contributed by atoms with E-state index in [1.165, 1.54) is 11.3 Å². The van der Waals surface area contributed by atoms with Crippen molar-refractivity contribution in [3.8, 4) is 0 Å². The van der Waals surface area contributed by atoms with Crippen molar-refractivity contribution >= 4 is 21.4 Å². The SMILES string of the molecule is COC(C)(C)CNS(=O)(=O)c1c(C)csc1CNC(C)C. The summed E-state index contributed by atoms with van der Waals surface area (Å²) in [5.74, 6) is 0. The number of sulfonamides is 1. The molecule has 0 unspecified atom stereocenters. The van der Waals surface area contributed by atoms with Crippen LogP contribution in [-0.2, 0) is 21.3 Å². The molecule has 7 heteroatoms. The summed E-state index contributed by atoms with van der Waals surface area (Å²) in [4.78, 5) is 1.23. The lowest BCUT2D eigenvalue weighted by molar-refractivity contribution is 0.0276. The van der Waals surface area contributed by atoms with Crippen LogP contribution >= 0.6 is 11.3 Å². The highest BCUT2D eigenvalue weighted by molar-refractivity contribution is 7.89. The van der Waals surface area contributed by atoms with E-state index in [9.17, 15) is 8.42 Å². The summed E-state index contributed by atoms with van der Waals surface area (Å²) in [7, 11) is -1.96. The molecule has 0 fully saturated rings. The topological polar surface area (TPSA) is 67.4 Å². The minimum atomic E-state index is -3.53. The molecule has 0 bridgehead atoms. The van der Waals surface area contributed by atoms with E-state index in [0.29, 0.717) is 17.5 Å². The van der Waals surface area contributed by atoms with Gasteiger partial charge in [-0.05, 0) is 31.7 Å². The van der Waals surface area contributed by atoms with Gasteiger partial charge in [0, 0.05) is 31.1 Å². The van der Waals surface area contributed by atoms with Gasteiger partial charge < -0.3 is 10.1 Å². The van der Waals surface area contributed by atoms with Crippen LogP contribution in [0.2, 0.25) is 0 Å². The van der Waals surface area contributed by atoms with Gasteiger partial charge in [-0.15, -0.1) is 11.3 Å². The Labute approximate surface area is 132 Å². The summed E-state index contributed by atoms with van der Waals surface area (Å²) in [6.07, 6.45) is 0. The molecule has 0 saturated heterocycles. The number of hydrogen-bond donors (Lipinski definition) is 2. The Morgan fingerprint density at radius 3 is 2.52 bits per heavy atom. The number of rotatable bonds is 8. The van der Waals surface area contributed by atoms with Crippen LogP contribution in [0.15, 0.2) is 10.3 Å². The maximum Gasteiger partial charge on any atom is 0.242 e. The van der Waals surface area contributed by atoms with Gasteiger partial charge in [-0.25, -0.2) is 13.1 Å². The van der Waals surface area contributed by atoms with Gasteiger partial charge in [0.2, 0.25) is 10.0 Å². The van der Waals surface area contributed by atoms with E-state index in [1.54, 1.807) is 7.11 Å². The average molecular weight is 335 g/mol. The van der Waals surface area contributed by atoms with Crippen LogP contribution in [0.1, 0.15) is 38.1 Å². The van der Waals surface area contributed by atoms with Crippen molar-refractivity contribution < 1.29 is 13.2 Å². The molecule has 1 aromatic rings. The van der Waals surface area contributed by atoms with Crippen LogP contribution < -0.4 is 10.0 Å². The van der Waals surface area contributed by atoms with E-state index in [1.807, 2.05) is 40.0 Å². The Kier molecular flexibility index (Phi) is 6.36. The smallest absolute Gasteiger partial charge is 0.242 e. The third-order valence-corrected chi connectivity index (χ3v) is 6.03. The molecule has 0 radical (unpaired) electrons. The first-order chi connectivity index (χ1) is 9.59. The van der Waals surface area contributed by atoms with Gasteiger partial charge >= 0.3 is 0 Å². The van der Waals surface area contributed by atoms with Crippen LogP contribution in [0.5, 0.6) is 0 Å². The Bertz CT molecular complexity index is 563. The molecule has 0 aromatic carbocycles. The van der Waals surface area contributed by atoms with Crippen LogP contribution in [0.3, 0.4) is 0 Å². The minimum absolute atomic E-state index is 0.234. The standard InChI is InChI=1S/C14H26N2O3S2/c1-10(2)15-7-12-13(11(3)8-20-12)21(17,18)16-9-14(4,5)19-6/h8,10,15-16H,7,9H2,1-6H3. The van der Waals surface area contributed by atoms with Crippen molar-refractivity contribution in [1.82, 2.24) is 10.0 Å². The number of hydrogen-bond acceptors (Lipinski definition) is 5. The third kappa shape index (κ3) is 5.34. The predicted octanol–water partition coefficient (Wildman–Crippen LogP) is 2.26. The molecular weight excluding hydrogens is 308 g/mol. The quantitative estimate of drug-likeness (QED) is 0.765. The maximum absolute atomic E-state index is 12.6. The molecule has 1 heterocycles. The lowest BCUT2D eigenvalue weighted by atomic mass is 10.1. The second-order valence-corrected chi connectivity index (χ2v) is 8.66. The number of ether oxygens (including phenoxy) is 1. The first-order valence-corrected chi connectivity index (χ1v) is 9.30. The molecule has 5 nitrogen and oxygen atoms in total. The number of aryl methyl sites for hydroxylation is 1. The van der Waals surface area contributed by atoms with Crippen LogP contribution in [0.4, 0.5) is 0 Å². The molecular formula is C14H26N2O3S2. The molecule has 0 saturated carbocycles. The molecule has 1 aromatic heterocycles. The highest BCUT2D eigenvalue weighted by Gasteiger charge is 2.26. The van der Waals surface area contributed by atoms with E-state index >= 15 is 0 Å². The fourth-order valence-electron chi connectivity index (χ4n) is 1.68. The van der Waals surface area contributed by atoms with Crippen LogP contribution in [0, 0.1) is 6.92 Å². The van der Waals surface area contributed by atoms with Crippen molar-refractivity contribution in [2.75, 3.05) is 13.7 Å². The normalized spacial score (nSPS) is 13.1. The summed E-state index contributed by atoms with van der Waals surface area (Å²) in [5, 5.41) is 5.15. The molecule has 0 aliphatic carbocycles. The molecule has 0 amide bonds. The Morgan fingerprint density at radius 2 is 2.00 bits per heavy atom. The lowest BCUT2D eigenvalue weighted by Crippen LogP contribution is -2.40. The van der Waals surface area contributed by atoms with Crippen molar-refractivity contribution in [1.29, 1.82) is 0 Å². The second kappa shape index (κ2) is 7.19. The summed E-state index contributed by atoms with van der Waals surface area (Å²) in [6, 6.07) is 0.309. The lowest BCUT2D eigenvalue weighted by Gasteiger charge is -2.23. The molecule has 0 aliphatic rings. The zero-order valence-corrected chi connectivity index (χ0v) is 15.2. The zero-order valence-electron chi connectivity index (χ0n) is 13.6. The van der Waals surface area contributed by atoms with Crippen LogP contribution in [-0.4, -0.2) is 33.7 Å². The van der Waals surface area contributed by atoms with E-state index in [0.717, 1.165) is 10.4 Å². The molecule has 1 rings (SSSR count). The summed E-state index contributed by atoms with van der Waals surface area (Å²) in [5.41, 5.74) is 0.246. The first kappa shape index (κ1) is 18.6. The van der Waals surface area contributed by atoms with Gasteiger partial charge in [0.15, 0.2) is 0 Å². The fraction of sp³-hybridized carbons (Fsp3) is 0.714. The van der Waals surface area contributed by atoms with Crippen molar-refractivity contribution in [3.05, 3.63) is 15.8 Å². The van der Waals surface area contributed by atoms with Gasteiger partial charge in [-0.2, -0.15) is 0 Å². The first-order valence-electron chi connectivity index (χ1n) is 6.94. The molecule has 21 heavy (non-hydrogen) atoms. The van der Waals surface area contributed by atoms with Gasteiger partial charge in [-0.1, -0.05) is 13.8 Å². The van der Waals surface area contributed by atoms with Crippen molar-refractivity contribution in [2.24, 2.45) is 0 Å². The maximum atomic E-state index is 12.6. The minimum Gasteiger partial charge on any atom is -0.377 e. The third-order valence-electron chi connectivity index (χ3n) is 3.17. The number of methoxy groups -OCH3 is 1.